The summed E-state index contributed by atoms with van der Waals surface area (Å²) in [6.45, 7) is 0.417. The summed E-state index contributed by atoms with van der Waals surface area (Å²) in [5.41, 5.74) is 1.82. The molecule has 0 saturated heterocycles. The second-order valence-corrected chi connectivity index (χ2v) is 5.74. The first-order valence-corrected chi connectivity index (χ1v) is 7.63. The molecule has 1 N–H and O–H groups in total. The van der Waals surface area contributed by atoms with Crippen molar-refractivity contribution in [1.82, 2.24) is 0 Å². The molecule has 0 saturated carbocycles. The molecule has 2 aromatic carbocycles. The number of phenolic OH excluding ortho intramolecular Hbond substituents is 1. The first kappa shape index (κ1) is 14.8. The highest BCUT2D eigenvalue weighted by Gasteiger charge is 2.43. The maximum absolute atomic E-state index is 10.5. The van der Waals surface area contributed by atoms with E-state index in [1.54, 1.807) is 13.2 Å². The molecule has 0 radical (unpaired) electrons. The van der Waals surface area contributed by atoms with Crippen molar-refractivity contribution in [1.29, 1.82) is 0 Å². The lowest BCUT2D eigenvalue weighted by atomic mass is 9.89. The largest absolute Gasteiger partial charge is 0.502 e. The Morgan fingerprint density at radius 2 is 1.88 bits per heavy atom. The summed E-state index contributed by atoms with van der Waals surface area (Å²) >= 11 is 0. The predicted molar refractivity (Wildman–Crippen MR) is 85.8 cm³/mol. The van der Waals surface area contributed by atoms with E-state index in [9.17, 15) is 5.11 Å². The molecule has 126 valence electrons. The molecule has 6 heteroatoms. The van der Waals surface area contributed by atoms with Crippen molar-refractivity contribution >= 4 is 0 Å². The third kappa shape index (κ3) is 1.95. The zero-order chi connectivity index (χ0) is 16.8. The summed E-state index contributed by atoms with van der Waals surface area (Å²) in [7, 11) is 4.63. The van der Waals surface area contributed by atoms with Gasteiger partial charge in [0, 0.05) is 17.2 Å². The molecule has 0 fully saturated rings. The Morgan fingerprint density at radius 3 is 2.58 bits per heavy atom. The molecule has 0 spiro atoms. The summed E-state index contributed by atoms with van der Waals surface area (Å²) in [6, 6.07) is 7.57. The molecule has 2 heterocycles. The standard InChI is InChI=1S/C18H18O6/c1-20-9-4-5-10-12-8-23-17-11(16(12)24-13(10)6-9)7-14(21-2)18(22-3)15(17)19/h4-7,12,16,19H,8H2,1-3H3/t12-,16-/m0/s1. The van der Waals surface area contributed by atoms with Gasteiger partial charge in [-0.3, -0.25) is 0 Å². The van der Waals surface area contributed by atoms with E-state index in [1.165, 1.54) is 14.2 Å². The highest BCUT2D eigenvalue weighted by molar-refractivity contribution is 5.64. The van der Waals surface area contributed by atoms with Gasteiger partial charge in [-0.1, -0.05) is 6.07 Å². The number of benzene rings is 2. The van der Waals surface area contributed by atoms with Gasteiger partial charge in [0.2, 0.25) is 11.5 Å². The fourth-order valence-electron chi connectivity index (χ4n) is 3.40. The molecule has 24 heavy (non-hydrogen) atoms. The Balaban J connectivity index is 1.81. The Hall–Kier alpha value is -2.76. The Bertz CT molecular complexity index is 801. The Labute approximate surface area is 139 Å². The Morgan fingerprint density at radius 1 is 1.04 bits per heavy atom. The molecule has 0 aliphatic carbocycles. The predicted octanol–water partition coefficient (Wildman–Crippen LogP) is 3.03. The van der Waals surface area contributed by atoms with Crippen LogP contribution < -0.4 is 23.7 Å². The average Bonchev–Trinajstić information content (AvgIpc) is 2.99. The first-order valence-electron chi connectivity index (χ1n) is 7.63. The van der Waals surface area contributed by atoms with E-state index < -0.39 is 0 Å². The van der Waals surface area contributed by atoms with E-state index in [0.717, 1.165) is 22.6 Å². The van der Waals surface area contributed by atoms with Crippen molar-refractivity contribution in [2.45, 2.75) is 12.0 Å². The summed E-state index contributed by atoms with van der Waals surface area (Å²) in [4.78, 5) is 0. The van der Waals surface area contributed by atoms with Gasteiger partial charge in [0.1, 0.15) is 17.6 Å². The fraction of sp³-hybridized carbons (Fsp3) is 0.333. The van der Waals surface area contributed by atoms with Crippen LogP contribution in [0.25, 0.3) is 0 Å². The average molecular weight is 330 g/mol. The number of rotatable bonds is 3. The van der Waals surface area contributed by atoms with Crippen LogP contribution in [0, 0.1) is 0 Å². The van der Waals surface area contributed by atoms with Crippen molar-refractivity contribution in [3.63, 3.8) is 0 Å². The zero-order valence-corrected chi connectivity index (χ0v) is 13.7. The molecule has 0 aromatic heterocycles. The smallest absolute Gasteiger partial charge is 0.207 e. The van der Waals surface area contributed by atoms with Crippen LogP contribution in [0.4, 0.5) is 0 Å². The van der Waals surface area contributed by atoms with Gasteiger partial charge >= 0.3 is 0 Å². The fourth-order valence-corrected chi connectivity index (χ4v) is 3.40. The van der Waals surface area contributed by atoms with Crippen LogP contribution in [-0.2, 0) is 0 Å². The number of phenols is 1. The SMILES string of the molecule is COc1ccc2c(c1)O[C@H]1c3cc(OC)c(OC)c(O)c3OC[C@@H]21. The van der Waals surface area contributed by atoms with E-state index >= 15 is 0 Å². The third-order valence-corrected chi connectivity index (χ3v) is 4.58. The maximum Gasteiger partial charge on any atom is 0.207 e. The first-order chi connectivity index (χ1) is 11.7. The van der Waals surface area contributed by atoms with E-state index in [1.807, 2.05) is 18.2 Å². The van der Waals surface area contributed by atoms with Crippen LogP contribution in [0.3, 0.4) is 0 Å². The van der Waals surface area contributed by atoms with Gasteiger partial charge in [-0.05, 0) is 12.1 Å². The molecule has 2 atom stereocenters. The summed E-state index contributed by atoms with van der Waals surface area (Å²) < 4.78 is 27.8. The Kier molecular flexibility index (Phi) is 3.33. The molecule has 0 unspecified atom stereocenters. The molecule has 2 aromatic rings. The molecular formula is C18H18O6. The van der Waals surface area contributed by atoms with Crippen molar-refractivity contribution in [3.8, 4) is 34.5 Å². The van der Waals surface area contributed by atoms with Gasteiger partial charge in [0.25, 0.3) is 0 Å². The minimum Gasteiger partial charge on any atom is -0.502 e. The monoisotopic (exact) mass is 330 g/mol. The van der Waals surface area contributed by atoms with Crippen molar-refractivity contribution in [2.75, 3.05) is 27.9 Å². The molecule has 2 aliphatic rings. The molecule has 4 rings (SSSR count). The van der Waals surface area contributed by atoms with Crippen LogP contribution in [0.5, 0.6) is 34.5 Å². The lowest BCUT2D eigenvalue weighted by Crippen LogP contribution is -2.23. The second kappa shape index (κ2) is 5.40. The highest BCUT2D eigenvalue weighted by Crippen LogP contribution is 2.57. The molecular weight excluding hydrogens is 312 g/mol. The van der Waals surface area contributed by atoms with Gasteiger partial charge in [0.05, 0.1) is 33.9 Å². The third-order valence-electron chi connectivity index (χ3n) is 4.58. The zero-order valence-electron chi connectivity index (χ0n) is 13.7. The van der Waals surface area contributed by atoms with Gasteiger partial charge in [-0.25, -0.2) is 0 Å². The molecule has 2 aliphatic heterocycles. The molecule has 0 amide bonds. The van der Waals surface area contributed by atoms with Crippen LogP contribution >= 0.6 is 0 Å². The second-order valence-electron chi connectivity index (χ2n) is 5.74. The van der Waals surface area contributed by atoms with Crippen LogP contribution in [-0.4, -0.2) is 33.0 Å². The lowest BCUT2D eigenvalue weighted by Gasteiger charge is -2.29. The summed E-state index contributed by atoms with van der Waals surface area (Å²) in [5, 5.41) is 10.5. The van der Waals surface area contributed by atoms with Gasteiger partial charge in [-0.15, -0.1) is 0 Å². The van der Waals surface area contributed by atoms with Crippen LogP contribution in [0.2, 0.25) is 0 Å². The quantitative estimate of drug-likeness (QED) is 0.933. The maximum atomic E-state index is 10.5. The van der Waals surface area contributed by atoms with Crippen molar-refractivity contribution < 1.29 is 28.8 Å². The van der Waals surface area contributed by atoms with Crippen molar-refractivity contribution in [3.05, 3.63) is 35.4 Å². The number of ether oxygens (including phenoxy) is 5. The van der Waals surface area contributed by atoms with Crippen LogP contribution in [0.15, 0.2) is 24.3 Å². The van der Waals surface area contributed by atoms with Gasteiger partial charge in [-0.2, -0.15) is 0 Å². The molecule has 0 bridgehead atoms. The normalized spacial score (nSPS) is 20.1. The number of hydrogen-bond donors (Lipinski definition) is 1. The van der Waals surface area contributed by atoms with Gasteiger partial charge < -0.3 is 28.8 Å². The van der Waals surface area contributed by atoms with Crippen molar-refractivity contribution in [2.24, 2.45) is 0 Å². The van der Waals surface area contributed by atoms with Crippen LogP contribution in [0.1, 0.15) is 23.1 Å². The van der Waals surface area contributed by atoms with E-state index in [4.69, 9.17) is 23.7 Å². The van der Waals surface area contributed by atoms with E-state index in [2.05, 4.69) is 0 Å². The topological polar surface area (TPSA) is 66.4 Å². The lowest BCUT2D eigenvalue weighted by molar-refractivity contribution is 0.134. The van der Waals surface area contributed by atoms with Gasteiger partial charge in [0.15, 0.2) is 11.5 Å². The van der Waals surface area contributed by atoms with E-state index in [-0.39, 0.29) is 23.5 Å². The number of fused-ring (bicyclic) bond motifs is 5. The number of aromatic hydroxyl groups is 1. The molecule has 6 nitrogen and oxygen atoms in total. The summed E-state index contributed by atoms with van der Waals surface area (Å²) in [5.74, 6) is 2.58. The minimum absolute atomic E-state index is 0.0518. The number of hydrogen-bond acceptors (Lipinski definition) is 6. The number of methoxy groups -OCH3 is 3. The minimum atomic E-state index is -0.249. The summed E-state index contributed by atoms with van der Waals surface area (Å²) in [6.07, 6.45) is -0.249. The van der Waals surface area contributed by atoms with E-state index in [0.29, 0.717) is 18.1 Å². The highest BCUT2D eigenvalue weighted by atomic mass is 16.5.